The Kier molecular flexibility index (Phi) is 7.47. The van der Waals surface area contributed by atoms with Crippen molar-refractivity contribution >= 4 is 11.6 Å². The Morgan fingerprint density at radius 3 is 2.53 bits per heavy atom. The topological polar surface area (TPSA) is 48.5 Å². The van der Waals surface area contributed by atoms with Gasteiger partial charge >= 0.3 is 0 Å². The van der Waals surface area contributed by atoms with Crippen LogP contribution < -0.4 is 9.64 Å². The lowest BCUT2D eigenvalue weighted by Gasteiger charge is -2.44. The number of nitrogens with zero attached hydrogens (tertiary/aromatic N) is 4. The number of rotatable bonds is 6. The number of benzene rings is 1. The van der Waals surface area contributed by atoms with Crippen molar-refractivity contribution in [2.45, 2.75) is 38.1 Å². The van der Waals surface area contributed by atoms with Crippen molar-refractivity contribution in [2.24, 2.45) is 0 Å². The number of anilines is 1. The van der Waals surface area contributed by atoms with Gasteiger partial charge in [0.1, 0.15) is 5.75 Å². The average molecular weight is 417 g/mol. The number of methoxy groups -OCH3 is 1. The highest BCUT2D eigenvalue weighted by Crippen LogP contribution is 2.23. The fourth-order valence-corrected chi connectivity index (χ4v) is 4.82. The Morgan fingerprint density at radius 2 is 1.83 bits per heavy atom. The van der Waals surface area contributed by atoms with Gasteiger partial charge in [-0.15, -0.1) is 0 Å². The molecule has 1 atom stereocenters. The lowest BCUT2D eigenvalue weighted by Crippen LogP contribution is -2.56. The summed E-state index contributed by atoms with van der Waals surface area (Å²) in [6, 6.07) is 8.83. The number of carbonyl (C=O) groups excluding carboxylic acids is 1. The first-order valence-electron chi connectivity index (χ1n) is 11.5. The summed E-state index contributed by atoms with van der Waals surface area (Å²) in [4.78, 5) is 25.5. The number of ether oxygens (including phenoxy) is 1. The quantitative estimate of drug-likeness (QED) is 0.709. The molecule has 0 spiro atoms. The van der Waals surface area contributed by atoms with Gasteiger partial charge in [0.2, 0.25) is 5.91 Å². The van der Waals surface area contributed by atoms with Crippen LogP contribution in [0.5, 0.6) is 5.75 Å². The van der Waals surface area contributed by atoms with Crippen LogP contribution in [0.15, 0.2) is 24.3 Å². The van der Waals surface area contributed by atoms with Crippen molar-refractivity contribution in [2.75, 3.05) is 71.0 Å². The number of hydrogen-bond acceptors (Lipinski definition) is 6. The molecule has 7 heteroatoms. The Bertz CT molecular complexity index is 670. The van der Waals surface area contributed by atoms with Crippen molar-refractivity contribution in [3.05, 3.63) is 24.3 Å². The Morgan fingerprint density at radius 1 is 1.03 bits per heavy atom. The van der Waals surface area contributed by atoms with Crippen molar-refractivity contribution in [3.8, 4) is 5.75 Å². The summed E-state index contributed by atoms with van der Waals surface area (Å²) >= 11 is 0. The molecule has 166 valence electrons. The maximum atomic E-state index is 12.8. The number of hydroxylamine groups is 2. The van der Waals surface area contributed by atoms with Gasteiger partial charge < -0.3 is 14.5 Å². The van der Waals surface area contributed by atoms with Crippen molar-refractivity contribution in [1.82, 2.24) is 14.9 Å². The molecule has 3 saturated heterocycles. The van der Waals surface area contributed by atoms with E-state index in [0.29, 0.717) is 12.5 Å². The third kappa shape index (κ3) is 5.45. The van der Waals surface area contributed by atoms with E-state index >= 15 is 0 Å². The van der Waals surface area contributed by atoms with Gasteiger partial charge in [0.05, 0.1) is 13.7 Å². The van der Waals surface area contributed by atoms with E-state index in [0.717, 1.165) is 77.6 Å². The van der Waals surface area contributed by atoms with Gasteiger partial charge in [0.25, 0.3) is 0 Å². The molecule has 0 saturated carbocycles. The zero-order valence-electron chi connectivity index (χ0n) is 18.3. The zero-order chi connectivity index (χ0) is 20.8. The van der Waals surface area contributed by atoms with Crippen LogP contribution in [-0.4, -0.2) is 92.9 Å². The molecule has 1 amide bonds. The highest BCUT2D eigenvalue weighted by atomic mass is 16.7. The van der Waals surface area contributed by atoms with Crippen molar-refractivity contribution in [3.63, 3.8) is 0 Å². The minimum absolute atomic E-state index is 0.283. The van der Waals surface area contributed by atoms with Crippen LogP contribution in [0.3, 0.4) is 0 Å². The monoisotopic (exact) mass is 416 g/mol. The maximum Gasteiger partial charge on any atom is 0.224 e. The van der Waals surface area contributed by atoms with Crippen LogP contribution in [0.1, 0.15) is 32.1 Å². The van der Waals surface area contributed by atoms with Crippen LogP contribution in [0.2, 0.25) is 0 Å². The number of piperidine rings is 1. The highest BCUT2D eigenvalue weighted by molar-refractivity contribution is 5.76. The molecule has 0 N–H and O–H groups in total. The smallest absolute Gasteiger partial charge is 0.224 e. The predicted octanol–water partition coefficient (Wildman–Crippen LogP) is 2.23. The second-order valence-corrected chi connectivity index (χ2v) is 8.58. The second kappa shape index (κ2) is 10.5. The third-order valence-electron chi connectivity index (χ3n) is 6.67. The van der Waals surface area contributed by atoms with E-state index in [1.807, 2.05) is 17.2 Å². The molecule has 7 nitrogen and oxygen atoms in total. The lowest BCUT2D eigenvalue weighted by molar-refractivity contribution is -0.182. The summed E-state index contributed by atoms with van der Waals surface area (Å²) in [6.45, 7) is 8.43. The largest absolute Gasteiger partial charge is 0.497 e. The van der Waals surface area contributed by atoms with Crippen LogP contribution in [-0.2, 0) is 9.63 Å². The average Bonchev–Trinajstić information content (AvgIpc) is 2.83. The first-order valence-corrected chi connectivity index (χ1v) is 11.5. The van der Waals surface area contributed by atoms with E-state index in [1.54, 1.807) is 7.11 Å². The molecule has 3 heterocycles. The Balaban J connectivity index is 1.23. The fraction of sp³-hybridized carbons (Fsp3) is 0.696. The molecule has 3 aliphatic heterocycles. The van der Waals surface area contributed by atoms with E-state index < -0.39 is 0 Å². The molecule has 1 aromatic rings. The molecule has 0 radical (unpaired) electrons. The van der Waals surface area contributed by atoms with Crippen LogP contribution in [0.4, 0.5) is 5.69 Å². The molecule has 4 rings (SSSR count). The minimum atomic E-state index is 0.283. The number of piperazine rings is 1. The molecule has 0 aliphatic carbocycles. The molecule has 1 aromatic carbocycles. The van der Waals surface area contributed by atoms with Crippen molar-refractivity contribution in [1.29, 1.82) is 0 Å². The normalized spacial score (nSPS) is 24.1. The zero-order valence-corrected chi connectivity index (χ0v) is 18.3. The van der Waals surface area contributed by atoms with E-state index in [2.05, 4.69) is 26.8 Å². The van der Waals surface area contributed by atoms with E-state index in [1.165, 1.54) is 18.5 Å². The Hall–Kier alpha value is -1.83. The second-order valence-electron chi connectivity index (χ2n) is 8.58. The van der Waals surface area contributed by atoms with Gasteiger partial charge in [-0.1, -0.05) is 0 Å². The summed E-state index contributed by atoms with van der Waals surface area (Å²) in [5, 5.41) is 1.97. The molecule has 0 unspecified atom stereocenters. The van der Waals surface area contributed by atoms with E-state index in [9.17, 15) is 4.79 Å². The van der Waals surface area contributed by atoms with Gasteiger partial charge in [0, 0.05) is 70.5 Å². The SMILES string of the molecule is COc1ccc(N2CCN([C@@H]3CCCN(C(=O)CCN4CCCCO4)C3)CC2)cc1. The first-order chi connectivity index (χ1) is 14.7. The van der Waals surface area contributed by atoms with E-state index in [4.69, 9.17) is 9.57 Å². The molecule has 0 aromatic heterocycles. The molecule has 3 aliphatic rings. The molecule has 3 fully saturated rings. The van der Waals surface area contributed by atoms with Crippen molar-refractivity contribution < 1.29 is 14.4 Å². The third-order valence-corrected chi connectivity index (χ3v) is 6.67. The summed E-state index contributed by atoms with van der Waals surface area (Å²) in [5.74, 6) is 1.18. The van der Waals surface area contributed by atoms with Gasteiger partial charge in [0.15, 0.2) is 0 Å². The summed E-state index contributed by atoms with van der Waals surface area (Å²) in [7, 11) is 1.70. The van der Waals surface area contributed by atoms with Crippen LogP contribution in [0, 0.1) is 0 Å². The molecular weight excluding hydrogens is 380 g/mol. The number of hydrogen-bond donors (Lipinski definition) is 0. The van der Waals surface area contributed by atoms with Gasteiger partial charge in [-0.3, -0.25) is 14.5 Å². The number of amides is 1. The summed E-state index contributed by atoms with van der Waals surface area (Å²) < 4.78 is 5.27. The van der Waals surface area contributed by atoms with Gasteiger partial charge in [-0.2, -0.15) is 5.06 Å². The highest BCUT2D eigenvalue weighted by Gasteiger charge is 2.30. The number of likely N-dealkylation sites (tertiary alicyclic amines) is 1. The lowest BCUT2D eigenvalue weighted by atomic mass is 10.0. The van der Waals surface area contributed by atoms with Crippen LogP contribution >= 0.6 is 0 Å². The van der Waals surface area contributed by atoms with Gasteiger partial charge in [-0.05, 0) is 49.9 Å². The maximum absolute atomic E-state index is 12.8. The molecule has 0 bridgehead atoms. The summed E-state index contributed by atoms with van der Waals surface area (Å²) in [6.07, 6.45) is 5.17. The number of carbonyl (C=O) groups is 1. The first kappa shape index (κ1) is 21.4. The minimum Gasteiger partial charge on any atom is -0.497 e. The van der Waals surface area contributed by atoms with E-state index in [-0.39, 0.29) is 5.91 Å². The molecule has 30 heavy (non-hydrogen) atoms. The standard InChI is InChI=1S/C23H36N4O3/c1-29-22-8-6-20(7-9-22)24-14-16-25(17-15-24)21-5-4-11-26(19-21)23(28)10-13-27-12-2-3-18-30-27/h6-9,21H,2-5,10-19H2,1H3/t21-/m1/s1. The summed E-state index contributed by atoms with van der Waals surface area (Å²) in [5.41, 5.74) is 1.26. The fourth-order valence-electron chi connectivity index (χ4n) is 4.82. The van der Waals surface area contributed by atoms with Crippen LogP contribution in [0.25, 0.3) is 0 Å². The predicted molar refractivity (Wildman–Crippen MR) is 118 cm³/mol. The van der Waals surface area contributed by atoms with Gasteiger partial charge in [-0.25, -0.2) is 0 Å². The Labute approximate surface area is 180 Å². The molecular formula is C23H36N4O3.